The zero-order valence-electron chi connectivity index (χ0n) is 12.2. The normalized spacial score (nSPS) is 20.1. The first-order chi connectivity index (χ1) is 9.81. The number of para-hydroxylation sites is 1. The molecule has 2 heterocycles. The van der Waals surface area contributed by atoms with E-state index in [4.69, 9.17) is 5.73 Å². The molecule has 1 aromatic heterocycles. The lowest BCUT2D eigenvalue weighted by Crippen LogP contribution is -2.35. The Balaban J connectivity index is 2.13. The van der Waals surface area contributed by atoms with Crippen LogP contribution in [-0.4, -0.2) is 17.6 Å². The Morgan fingerprint density at radius 3 is 2.95 bits per heavy atom. The summed E-state index contributed by atoms with van der Waals surface area (Å²) in [6.07, 6.45) is 8.18. The molecule has 106 valence electrons. The quantitative estimate of drug-likeness (QED) is 0.896. The van der Waals surface area contributed by atoms with Crippen LogP contribution >= 0.6 is 0 Å². The SMILES string of the molecule is CCC1CCCCCN1c1c(N)cnc2ccccc12. The fraction of sp³-hybridized carbons (Fsp3) is 0.471. The third-order valence-corrected chi connectivity index (χ3v) is 4.41. The van der Waals surface area contributed by atoms with E-state index in [0.717, 1.165) is 17.7 Å². The maximum absolute atomic E-state index is 6.28. The van der Waals surface area contributed by atoms with E-state index < -0.39 is 0 Å². The van der Waals surface area contributed by atoms with Gasteiger partial charge in [-0.05, 0) is 25.3 Å². The van der Waals surface area contributed by atoms with Gasteiger partial charge in [0.15, 0.2) is 0 Å². The summed E-state index contributed by atoms with van der Waals surface area (Å²) in [6, 6.07) is 8.93. The lowest BCUT2D eigenvalue weighted by molar-refractivity contribution is 0.557. The van der Waals surface area contributed by atoms with E-state index in [2.05, 4.69) is 35.0 Å². The van der Waals surface area contributed by atoms with Gasteiger partial charge in [-0.3, -0.25) is 4.98 Å². The Morgan fingerprint density at radius 1 is 1.25 bits per heavy atom. The zero-order chi connectivity index (χ0) is 13.9. The van der Waals surface area contributed by atoms with Crippen molar-refractivity contribution in [2.24, 2.45) is 0 Å². The van der Waals surface area contributed by atoms with Crippen molar-refractivity contribution in [1.29, 1.82) is 0 Å². The number of hydrogen-bond donors (Lipinski definition) is 1. The molecule has 0 bridgehead atoms. The van der Waals surface area contributed by atoms with Crippen LogP contribution in [0.4, 0.5) is 11.4 Å². The van der Waals surface area contributed by atoms with Gasteiger partial charge in [-0.25, -0.2) is 0 Å². The molecule has 0 amide bonds. The van der Waals surface area contributed by atoms with E-state index in [-0.39, 0.29) is 0 Å². The smallest absolute Gasteiger partial charge is 0.0745 e. The van der Waals surface area contributed by atoms with Crippen molar-refractivity contribution in [3.8, 4) is 0 Å². The van der Waals surface area contributed by atoms with Gasteiger partial charge in [0.25, 0.3) is 0 Å². The summed E-state index contributed by atoms with van der Waals surface area (Å²) in [5, 5.41) is 1.19. The molecule has 3 heteroatoms. The van der Waals surface area contributed by atoms with Crippen LogP contribution in [0.3, 0.4) is 0 Å². The number of pyridine rings is 1. The molecule has 1 aromatic carbocycles. The highest BCUT2D eigenvalue weighted by atomic mass is 15.2. The molecule has 0 saturated carbocycles. The van der Waals surface area contributed by atoms with Crippen LogP contribution in [0.15, 0.2) is 30.5 Å². The minimum absolute atomic E-state index is 0.602. The molecule has 3 rings (SSSR count). The molecule has 1 aliphatic rings. The molecule has 1 fully saturated rings. The molecular weight excluding hydrogens is 246 g/mol. The second-order valence-corrected chi connectivity index (χ2v) is 5.68. The Bertz CT molecular complexity index is 594. The van der Waals surface area contributed by atoms with Crippen molar-refractivity contribution in [2.75, 3.05) is 17.2 Å². The molecule has 1 aliphatic heterocycles. The van der Waals surface area contributed by atoms with Gasteiger partial charge in [0, 0.05) is 18.0 Å². The molecule has 0 radical (unpaired) electrons. The van der Waals surface area contributed by atoms with Gasteiger partial charge in [0.1, 0.15) is 0 Å². The summed E-state index contributed by atoms with van der Waals surface area (Å²) in [7, 11) is 0. The first kappa shape index (κ1) is 13.2. The number of nitrogens with two attached hydrogens (primary N) is 1. The molecule has 0 spiro atoms. The van der Waals surface area contributed by atoms with Crippen LogP contribution in [-0.2, 0) is 0 Å². The lowest BCUT2D eigenvalue weighted by atomic mass is 10.1. The van der Waals surface area contributed by atoms with Crippen molar-refractivity contribution in [3.63, 3.8) is 0 Å². The summed E-state index contributed by atoms with van der Waals surface area (Å²) in [6.45, 7) is 3.39. The van der Waals surface area contributed by atoms with E-state index in [1.165, 1.54) is 43.2 Å². The summed E-state index contributed by atoms with van der Waals surface area (Å²) in [4.78, 5) is 6.99. The van der Waals surface area contributed by atoms with Crippen molar-refractivity contribution >= 4 is 22.3 Å². The van der Waals surface area contributed by atoms with Crippen LogP contribution in [0, 0.1) is 0 Å². The molecule has 1 unspecified atom stereocenters. The van der Waals surface area contributed by atoms with Gasteiger partial charge in [-0.1, -0.05) is 38.0 Å². The summed E-state index contributed by atoms with van der Waals surface area (Å²) in [5.74, 6) is 0. The maximum atomic E-state index is 6.28. The number of anilines is 2. The van der Waals surface area contributed by atoms with Crippen molar-refractivity contribution < 1.29 is 0 Å². The summed E-state index contributed by atoms with van der Waals surface area (Å²) < 4.78 is 0. The highest BCUT2D eigenvalue weighted by Gasteiger charge is 2.23. The third-order valence-electron chi connectivity index (χ3n) is 4.41. The van der Waals surface area contributed by atoms with E-state index in [9.17, 15) is 0 Å². The predicted molar refractivity (Wildman–Crippen MR) is 86.0 cm³/mol. The van der Waals surface area contributed by atoms with Gasteiger partial charge in [-0.2, -0.15) is 0 Å². The molecule has 2 aromatic rings. The lowest BCUT2D eigenvalue weighted by Gasteiger charge is -2.33. The summed E-state index contributed by atoms with van der Waals surface area (Å²) in [5.41, 5.74) is 9.33. The first-order valence-corrected chi connectivity index (χ1v) is 7.71. The van der Waals surface area contributed by atoms with Gasteiger partial charge in [0.05, 0.1) is 23.1 Å². The Labute approximate surface area is 120 Å². The fourth-order valence-corrected chi connectivity index (χ4v) is 3.36. The number of aromatic nitrogens is 1. The second-order valence-electron chi connectivity index (χ2n) is 5.68. The van der Waals surface area contributed by atoms with Gasteiger partial charge < -0.3 is 10.6 Å². The second kappa shape index (κ2) is 5.70. The standard InChI is InChI=1S/C17H23N3/c1-2-13-8-4-3-7-11-20(13)17-14-9-5-6-10-16(14)19-12-15(17)18/h5-6,9-10,12-13H,2-4,7-8,11,18H2,1H3. The number of nitrogen functional groups attached to an aromatic ring is 1. The van der Waals surface area contributed by atoms with E-state index in [1.807, 2.05) is 12.3 Å². The van der Waals surface area contributed by atoms with Crippen LogP contribution in [0.2, 0.25) is 0 Å². The Kier molecular flexibility index (Phi) is 3.77. The average molecular weight is 269 g/mol. The molecule has 0 aliphatic carbocycles. The van der Waals surface area contributed by atoms with Crippen LogP contribution in [0.5, 0.6) is 0 Å². The van der Waals surface area contributed by atoms with Crippen LogP contribution < -0.4 is 10.6 Å². The largest absolute Gasteiger partial charge is 0.396 e. The van der Waals surface area contributed by atoms with Crippen LogP contribution in [0.1, 0.15) is 39.0 Å². The number of fused-ring (bicyclic) bond motifs is 1. The molecule has 2 N–H and O–H groups in total. The van der Waals surface area contributed by atoms with Crippen LogP contribution in [0.25, 0.3) is 10.9 Å². The number of nitrogens with zero attached hydrogens (tertiary/aromatic N) is 2. The van der Waals surface area contributed by atoms with E-state index in [0.29, 0.717) is 6.04 Å². The third kappa shape index (κ3) is 2.33. The number of rotatable bonds is 2. The molecular formula is C17H23N3. The molecule has 3 nitrogen and oxygen atoms in total. The molecule has 1 saturated heterocycles. The van der Waals surface area contributed by atoms with Crippen molar-refractivity contribution in [2.45, 2.75) is 45.1 Å². The minimum Gasteiger partial charge on any atom is -0.396 e. The predicted octanol–water partition coefficient (Wildman–Crippen LogP) is 3.98. The zero-order valence-corrected chi connectivity index (χ0v) is 12.2. The van der Waals surface area contributed by atoms with Gasteiger partial charge in [-0.15, -0.1) is 0 Å². The topological polar surface area (TPSA) is 42.1 Å². The first-order valence-electron chi connectivity index (χ1n) is 7.71. The van der Waals surface area contributed by atoms with E-state index >= 15 is 0 Å². The molecule has 1 atom stereocenters. The van der Waals surface area contributed by atoms with E-state index in [1.54, 1.807) is 0 Å². The number of benzene rings is 1. The monoisotopic (exact) mass is 269 g/mol. The van der Waals surface area contributed by atoms with Crippen molar-refractivity contribution in [3.05, 3.63) is 30.5 Å². The van der Waals surface area contributed by atoms with Crippen molar-refractivity contribution in [1.82, 2.24) is 4.98 Å². The maximum Gasteiger partial charge on any atom is 0.0745 e. The highest BCUT2D eigenvalue weighted by molar-refractivity contribution is 5.97. The number of hydrogen-bond acceptors (Lipinski definition) is 3. The van der Waals surface area contributed by atoms with Gasteiger partial charge in [0.2, 0.25) is 0 Å². The Morgan fingerprint density at radius 2 is 2.10 bits per heavy atom. The fourth-order valence-electron chi connectivity index (χ4n) is 3.36. The Hall–Kier alpha value is -1.77. The summed E-state index contributed by atoms with van der Waals surface area (Å²) >= 11 is 0. The molecule has 20 heavy (non-hydrogen) atoms. The minimum atomic E-state index is 0.602. The highest BCUT2D eigenvalue weighted by Crippen LogP contribution is 2.35. The van der Waals surface area contributed by atoms with Gasteiger partial charge >= 0.3 is 0 Å². The average Bonchev–Trinajstić information content (AvgIpc) is 2.72.